The lowest BCUT2D eigenvalue weighted by atomic mass is 10.2. The van der Waals surface area contributed by atoms with E-state index in [1.54, 1.807) is 26.0 Å². The minimum absolute atomic E-state index is 0.0529. The van der Waals surface area contributed by atoms with Gasteiger partial charge in [0.1, 0.15) is 0 Å². The molecule has 0 radical (unpaired) electrons. The number of hydrogen-bond donors (Lipinski definition) is 1. The lowest BCUT2D eigenvalue weighted by Crippen LogP contribution is -2.13. The number of aromatic nitrogens is 3. The minimum atomic E-state index is -0.478. The lowest BCUT2D eigenvalue weighted by Gasteiger charge is -1.97. The molecule has 0 fully saturated rings. The van der Waals surface area contributed by atoms with Gasteiger partial charge in [0.05, 0.1) is 22.0 Å². The van der Waals surface area contributed by atoms with Crippen molar-refractivity contribution >= 4 is 44.3 Å². The van der Waals surface area contributed by atoms with Crippen molar-refractivity contribution < 1.29 is 4.92 Å². The van der Waals surface area contributed by atoms with Crippen LogP contribution in [0.25, 0.3) is 16.4 Å². The molecule has 0 saturated carbocycles. The number of aromatic amines is 1. The lowest BCUT2D eigenvalue weighted by molar-refractivity contribution is -0.385. The molecule has 0 atom stereocenters. The second-order valence-electron chi connectivity index (χ2n) is 6.68. The molecule has 0 aliphatic heterocycles. The summed E-state index contributed by atoms with van der Waals surface area (Å²) in [6.45, 7) is 3.34. The van der Waals surface area contributed by atoms with Gasteiger partial charge < -0.3 is 0 Å². The third kappa shape index (κ3) is 4.23. The van der Waals surface area contributed by atoms with Crippen LogP contribution in [0.1, 0.15) is 11.3 Å². The average Bonchev–Trinajstić information content (AvgIpc) is 3.33. The summed E-state index contributed by atoms with van der Waals surface area (Å²) in [5.74, 6) is 0. The second-order valence-corrected chi connectivity index (χ2v) is 8.43. The van der Waals surface area contributed by atoms with Crippen LogP contribution >= 0.6 is 27.3 Å². The van der Waals surface area contributed by atoms with E-state index in [0.29, 0.717) is 16.4 Å². The number of rotatable bonds is 5. The molecule has 4 aromatic rings. The molecule has 9 nitrogen and oxygen atoms in total. The Morgan fingerprint density at radius 3 is 2.61 bits per heavy atom. The Labute approximate surface area is 188 Å². The van der Waals surface area contributed by atoms with Crippen molar-refractivity contribution in [1.29, 1.82) is 0 Å². The van der Waals surface area contributed by atoms with Crippen LogP contribution < -0.4 is 5.56 Å². The summed E-state index contributed by atoms with van der Waals surface area (Å²) >= 11 is 4.73. The number of aryl methyl sites for hydroxylation is 2. The molecule has 1 N–H and O–H groups in total. The highest BCUT2D eigenvalue weighted by Crippen LogP contribution is 2.27. The summed E-state index contributed by atoms with van der Waals surface area (Å²) in [7, 11) is 0. The van der Waals surface area contributed by atoms with E-state index in [2.05, 4.69) is 36.2 Å². The van der Waals surface area contributed by atoms with Gasteiger partial charge in [-0.25, -0.2) is 4.98 Å². The largest absolute Gasteiger partial charge is 0.301 e. The number of hydrogen-bond acceptors (Lipinski definition) is 7. The Balaban J connectivity index is 1.65. The predicted octanol–water partition coefficient (Wildman–Crippen LogP) is 5.99. The summed E-state index contributed by atoms with van der Waals surface area (Å²) in [5, 5.41) is 24.5. The van der Waals surface area contributed by atoms with E-state index >= 15 is 0 Å². The van der Waals surface area contributed by atoms with E-state index in [1.807, 2.05) is 29.6 Å². The summed E-state index contributed by atoms with van der Waals surface area (Å²) in [5.41, 5.74) is 2.66. The zero-order valence-electron chi connectivity index (χ0n) is 16.4. The van der Waals surface area contributed by atoms with E-state index < -0.39 is 10.5 Å². The Morgan fingerprint density at radius 2 is 1.90 bits per heavy atom. The Morgan fingerprint density at radius 1 is 1.16 bits per heavy atom. The molecule has 11 heteroatoms. The fourth-order valence-corrected chi connectivity index (χ4v) is 3.93. The first-order valence-corrected chi connectivity index (χ1v) is 10.7. The molecule has 0 aliphatic rings. The third-order valence-corrected chi connectivity index (χ3v) is 5.87. The maximum atomic E-state index is 12.9. The van der Waals surface area contributed by atoms with E-state index in [1.165, 1.54) is 22.1 Å². The summed E-state index contributed by atoms with van der Waals surface area (Å²) in [4.78, 5) is 28.0. The maximum absolute atomic E-state index is 12.9. The smallest absolute Gasteiger partial charge is 0.291 e. The highest BCUT2D eigenvalue weighted by molar-refractivity contribution is 9.10. The van der Waals surface area contributed by atoms with Crippen molar-refractivity contribution in [1.82, 2.24) is 14.8 Å². The van der Waals surface area contributed by atoms with Crippen molar-refractivity contribution in [3.63, 3.8) is 0 Å². The van der Waals surface area contributed by atoms with Crippen molar-refractivity contribution in [3.05, 3.63) is 84.0 Å². The van der Waals surface area contributed by atoms with Crippen molar-refractivity contribution in [2.45, 2.75) is 13.8 Å². The van der Waals surface area contributed by atoms with Gasteiger partial charge in [0.25, 0.3) is 5.69 Å². The van der Waals surface area contributed by atoms with E-state index in [0.717, 1.165) is 15.7 Å². The first kappa shape index (κ1) is 20.8. The van der Waals surface area contributed by atoms with Crippen LogP contribution in [-0.2, 0) is 0 Å². The number of nitro groups is 1. The molecular formula is C20H15BrN6O3S. The van der Waals surface area contributed by atoms with Gasteiger partial charge in [-0.15, -0.1) is 16.5 Å². The van der Waals surface area contributed by atoms with Gasteiger partial charge in [0, 0.05) is 27.0 Å². The Kier molecular flexibility index (Phi) is 5.61. The van der Waals surface area contributed by atoms with Gasteiger partial charge in [-0.1, -0.05) is 34.1 Å². The molecule has 0 spiro atoms. The van der Waals surface area contributed by atoms with E-state index in [4.69, 9.17) is 0 Å². The Bertz CT molecular complexity index is 1370. The molecule has 0 bridgehead atoms. The van der Waals surface area contributed by atoms with Gasteiger partial charge in [-0.3, -0.25) is 20.0 Å². The van der Waals surface area contributed by atoms with E-state index in [-0.39, 0.29) is 17.1 Å². The number of nitro benzene ring substituents is 1. The van der Waals surface area contributed by atoms with Gasteiger partial charge in [0.2, 0.25) is 5.13 Å². The number of nitrogens with zero attached hydrogens (tertiary/aromatic N) is 5. The molecule has 156 valence electrons. The topological polar surface area (TPSA) is 119 Å². The number of azo groups is 1. The van der Waals surface area contributed by atoms with Crippen LogP contribution in [0.2, 0.25) is 0 Å². The number of halogens is 1. The van der Waals surface area contributed by atoms with Crippen LogP contribution in [0.3, 0.4) is 0 Å². The van der Waals surface area contributed by atoms with Crippen LogP contribution in [0, 0.1) is 24.0 Å². The molecular weight excluding hydrogens is 484 g/mol. The fourth-order valence-electron chi connectivity index (χ4n) is 2.87. The van der Waals surface area contributed by atoms with Crippen molar-refractivity contribution in [2.75, 3.05) is 0 Å². The molecule has 0 amide bonds. The second kappa shape index (κ2) is 8.36. The molecule has 0 unspecified atom stereocenters. The highest BCUT2D eigenvalue weighted by Gasteiger charge is 2.16. The quantitative estimate of drug-likeness (QED) is 0.206. The van der Waals surface area contributed by atoms with Crippen LogP contribution in [0.4, 0.5) is 17.1 Å². The van der Waals surface area contributed by atoms with Crippen LogP contribution in [-0.4, -0.2) is 19.7 Å². The summed E-state index contributed by atoms with van der Waals surface area (Å²) in [6, 6.07) is 12.2. The van der Waals surface area contributed by atoms with E-state index in [9.17, 15) is 14.9 Å². The number of H-pyrrole nitrogens is 1. The molecule has 2 aromatic carbocycles. The average molecular weight is 499 g/mol. The molecule has 2 aromatic heterocycles. The molecule has 4 rings (SSSR count). The summed E-state index contributed by atoms with van der Waals surface area (Å²) < 4.78 is 2.28. The number of thiazole rings is 1. The first-order valence-electron chi connectivity index (χ1n) is 9.04. The number of benzene rings is 2. The molecule has 31 heavy (non-hydrogen) atoms. The SMILES string of the molecule is Cc1ccc(N=Nc2c(C)[nH]n(-c3nc(-c4ccc(Br)cc4)cs3)c2=O)cc1[N+](=O)[O-]. The zero-order valence-corrected chi connectivity index (χ0v) is 18.8. The normalized spacial score (nSPS) is 11.3. The van der Waals surface area contributed by atoms with Gasteiger partial charge in [-0.05, 0) is 32.0 Å². The van der Waals surface area contributed by atoms with Gasteiger partial charge in [0.15, 0.2) is 5.69 Å². The monoisotopic (exact) mass is 498 g/mol. The third-order valence-electron chi connectivity index (χ3n) is 4.52. The summed E-state index contributed by atoms with van der Waals surface area (Å²) in [6.07, 6.45) is 0. The highest BCUT2D eigenvalue weighted by atomic mass is 79.9. The van der Waals surface area contributed by atoms with Gasteiger partial charge in [-0.2, -0.15) is 9.80 Å². The zero-order chi connectivity index (χ0) is 22.1. The molecule has 0 aliphatic carbocycles. The standard InChI is InChI=1S/C20H15BrN6O3S/c1-11-3-8-15(9-17(11)27(29)30)23-24-18-12(2)25-26(19(18)28)20-22-16(10-31-20)13-4-6-14(21)7-5-13/h3-10,25H,1-2H3. The molecule has 2 heterocycles. The van der Waals surface area contributed by atoms with Gasteiger partial charge >= 0.3 is 5.56 Å². The predicted molar refractivity (Wildman–Crippen MR) is 122 cm³/mol. The fraction of sp³-hybridized carbons (Fsp3) is 0.100. The van der Waals surface area contributed by atoms with Crippen molar-refractivity contribution in [3.8, 4) is 16.4 Å². The van der Waals surface area contributed by atoms with Crippen molar-refractivity contribution in [2.24, 2.45) is 10.2 Å². The number of nitrogens with one attached hydrogen (secondary N) is 1. The Hall–Kier alpha value is -3.44. The maximum Gasteiger partial charge on any atom is 0.301 e. The van der Waals surface area contributed by atoms with Crippen LogP contribution in [0.5, 0.6) is 0 Å². The molecule has 0 saturated heterocycles. The minimum Gasteiger partial charge on any atom is -0.291 e. The first-order chi connectivity index (χ1) is 14.8. The van der Waals surface area contributed by atoms with Crippen LogP contribution in [0.15, 0.2) is 67.3 Å².